The number of H-pyrrole nitrogens is 1. The molecule has 1 aliphatic rings. The molecule has 0 spiro atoms. The van der Waals surface area contributed by atoms with Gasteiger partial charge in [-0.05, 0) is 63.3 Å². The third-order valence-corrected chi connectivity index (χ3v) is 10.4. The number of rotatable bonds is 4. The highest BCUT2D eigenvalue weighted by molar-refractivity contribution is 5.85. The number of carbonyl (C=O) groups is 1. The highest BCUT2D eigenvalue weighted by Gasteiger charge is 2.36. The fourth-order valence-electron chi connectivity index (χ4n) is 7.06. The fraction of sp³-hybridized carbons (Fsp3) is 0.385. The van der Waals surface area contributed by atoms with Crippen LogP contribution in [0.1, 0.15) is 88.5 Å². The third kappa shape index (κ3) is 6.50. The van der Waals surface area contributed by atoms with E-state index in [1.54, 1.807) is 47.7 Å². The molecule has 5 heterocycles. The van der Waals surface area contributed by atoms with Gasteiger partial charge in [-0.1, -0.05) is 56.2 Å². The molecule has 1 atom stereocenters. The lowest BCUT2D eigenvalue weighted by molar-refractivity contribution is -0.146. The van der Waals surface area contributed by atoms with Gasteiger partial charge in [0.05, 0.1) is 23.1 Å². The van der Waals surface area contributed by atoms with E-state index < -0.39 is 22.6 Å². The second-order valence-electron chi connectivity index (χ2n) is 15.3. The molecule has 6 aromatic rings. The van der Waals surface area contributed by atoms with Gasteiger partial charge in [0.2, 0.25) is 0 Å². The fourth-order valence-corrected chi connectivity index (χ4v) is 7.06. The van der Waals surface area contributed by atoms with Crippen molar-refractivity contribution in [3.63, 3.8) is 0 Å². The summed E-state index contributed by atoms with van der Waals surface area (Å²) >= 11 is 0. The van der Waals surface area contributed by atoms with Gasteiger partial charge in [0.25, 0.3) is 0 Å². The van der Waals surface area contributed by atoms with Crippen LogP contribution in [0.15, 0.2) is 67.1 Å². The first kappa shape index (κ1) is 34.1. The minimum atomic E-state index is -0.920. The first-order chi connectivity index (χ1) is 24.2. The molecule has 0 aliphatic carbocycles. The van der Waals surface area contributed by atoms with Crippen molar-refractivity contribution in [2.24, 2.45) is 12.5 Å². The van der Waals surface area contributed by atoms with Crippen LogP contribution in [-0.2, 0) is 35.6 Å². The number of aliphatic carboxylic acids is 1. The number of aryl methyl sites for hydroxylation is 1. The molecular formula is C39H43FN8O3. The number of pyridine rings is 1. The zero-order valence-corrected chi connectivity index (χ0v) is 29.9. The van der Waals surface area contributed by atoms with Crippen molar-refractivity contribution in [2.75, 3.05) is 0 Å². The van der Waals surface area contributed by atoms with Crippen LogP contribution in [0.5, 0.6) is 11.5 Å². The monoisotopic (exact) mass is 690 g/mol. The van der Waals surface area contributed by atoms with Crippen LogP contribution in [0, 0.1) is 11.2 Å². The molecule has 0 unspecified atom stereocenters. The molecule has 2 N–H and O–H groups in total. The molecule has 0 fully saturated rings. The van der Waals surface area contributed by atoms with Gasteiger partial charge < -0.3 is 14.8 Å². The average Bonchev–Trinajstić information content (AvgIpc) is 3.85. The second kappa shape index (κ2) is 12.7. The number of nitrogens with zero attached hydrogens (tertiary/aromatic N) is 7. The molecule has 6 bridgehead atoms. The smallest absolute Gasteiger partial charge is 0.309 e. The predicted molar refractivity (Wildman–Crippen MR) is 191 cm³/mol. The molecule has 2 aromatic carbocycles. The minimum Gasteiger partial charge on any atom is -0.481 e. The van der Waals surface area contributed by atoms with Gasteiger partial charge in [-0.2, -0.15) is 5.10 Å². The summed E-state index contributed by atoms with van der Waals surface area (Å²) in [6.07, 6.45) is 9.14. The third-order valence-electron chi connectivity index (χ3n) is 10.4. The zero-order chi connectivity index (χ0) is 36.1. The lowest BCUT2D eigenvalue weighted by Gasteiger charge is -2.29. The van der Waals surface area contributed by atoms with Gasteiger partial charge in [0.15, 0.2) is 23.2 Å². The standard InChI is InChI=1S/C39H43FN8O3/c1-37(2)14-7-8-15-39(5,25-11-9-10-24(18-25)21-38(3,4)36(49)50)35-43-34(47(6)45-35)31-19-26(12-16-42-31)51-33-28(22-48-23-32(37)44-46-48)27-13-17-41-30(27)20-29(33)40/h9-13,16-20,23,41H,7-8,14-15,21-22H2,1-6H3,(H,49,50)/t39-/m1/s1. The minimum absolute atomic E-state index is 0.102. The van der Waals surface area contributed by atoms with E-state index in [0.717, 1.165) is 47.9 Å². The van der Waals surface area contributed by atoms with Gasteiger partial charge in [-0.3, -0.25) is 9.78 Å². The second-order valence-corrected chi connectivity index (χ2v) is 15.3. The van der Waals surface area contributed by atoms with E-state index >= 15 is 4.39 Å². The van der Waals surface area contributed by atoms with Gasteiger partial charge in [0.1, 0.15) is 11.4 Å². The number of fused-ring (bicyclic) bond motifs is 10. The number of ether oxygens (including phenoxy) is 1. The summed E-state index contributed by atoms with van der Waals surface area (Å²) in [4.78, 5) is 24.8. The number of aromatic nitrogens is 8. The van der Waals surface area contributed by atoms with Crippen molar-refractivity contribution in [1.29, 1.82) is 0 Å². The predicted octanol–water partition coefficient (Wildman–Crippen LogP) is 7.74. The first-order valence-corrected chi connectivity index (χ1v) is 17.3. The first-order valence-electron chi connectivity index (χ1n) is 17.3. The Labute approximate surface area is 295 Å². The Morgan fingerprint density at radius 3 is 2.71 bits per heavy atom. The molecule has 4 aromatic heterocycles. The van der Waals surface area contributed by atoms with Crippen molar-refractivity contribution in [1.82, 2.24) is 39.7 Å². The number of benzene rings is 2. The Morgan fingerprint density at radius 1 is 1.10 bits per heavy atom. The van der Waals surface area contributed by atoms with Crippen molar-refractivity contribution in [2.45, 2.75) is 84.1 Å². The Hall–Kier alpha value is -5.39. The van der Waals surface area contributed by atoms with E-state index in [-0.39, 0.29) is 17.7 Å². The quantitative estimate of drug-likeness (QED) is 0.192. The number of hydrogen-bond donors (Lipinski definition) is 2. The van der Waals surface area contributed by atoms with E-state index in [0.29, 0.717) is 40.6 Å². The summed E-state index contributed by atoms with van der Waals surface area (Å²) in [5.74, 6) is 0.331. The summed E-state index contributed by atoms with van der Waals surface area (Å²) in [6, 6.07) is 14.9. The van der Waals surface area contributed by atoms with Crippen molar-refractivity contribution >= 4 is 16.9 Å². The molecule has 12 heteroatoms. The Kier molecular flexibility index (Phi) is 8.51. The van der Waals surface area contributed by atoms with Gasteiger partial charge in [-0.15, -0.1) is 5.10 Å². The Balaban J connectivity index is 1.34. The van der Waals surface area contributed by atoms with Crippen LogP contribution in [0.4, 0.5) is 4.39 Å². The molecule has 7 rings (SSSR count). The molecule has 51 heavy (non-hydrogen) atoms. The van der Waals surface area contributed by atoms with E-state index in [9.17, 15) is 9.90 Å². The SMILES string of the molecule is Cn1nc2nc1-c1cc(ccn1)Oc1c(F)cc3[nH]ccc3c1Cn1cc(nn1)C(C)(C)CCCC[C@]2(C)c1cccc(CC(C)(C)C(=O)O)c1. The molecule has 1 aliphatic heterocycles. The summed E-state index contributed by atoms with van der Waals surface area (Å²) in [6.45, 7) is 10.2. The Bertz CT molecular complexity index is 2250. The highest BCUT2D eigenvalue weighted by Crippen LogP contribution is 2.40. The van der Waals surface area contributed by atoms with Gasteiger partial charge >= 0.3 is 5.97 Å². The van der Waals surface area contributed by atoms with Crippen LogP contribution in [-0.4, -0.2) is 50.8 Å². The lowest BCUT2D eigenvalue weighted by atomic mass is 9.75. The summed E-state index contributed by atoms with van der Waals surface area (Å²) in [7, 11) is 1.84. The lowest BCUT2D eigenvalue weighted by Crippen LogP contribution is -2.28. The van der Waals surface area contributed by atoms with Crippen LogP contribution in [0.25, 0.3) is 22.4 Å². The maximum atomic E-state index is 15.8. The summed E-state index contributed by atoms with van der Waals surface area (Å²) in [5.41, 5.74) is 2.84. The maximum absolute atomic E-state index is 15.8. The van der Waals surface area contributed by atoms with Crippen LogP contribution < -0.4 is 4.74 Å². The normalized spacial score (nSPS) is 17.9. The van der Waals surface area contributed by atoms with Crippen LogP contribution in [0.2, 0.25) is 0 Å². The Morgan fingerprint density at radius 2 is 1.90 bits per heavy atom. The number of hydrogen-bond acceptors (Lipinski definition) is 7. The number of aromatic amines is 1. The van der Waals surface area contributed by atoms with Gasteiger partial charge in [-0.25, -0.2) is 18.7 Å². The summed E-state index contributed by atoms with van der Waals surface area (Å²) in [5, 5.41) is 24.7. The van der Waals surface area contributed by atoms with E-state index in [1.807, 2.05) is 31.4 Å². The number of carboxylic acid groups (broad SMARTS) is 1. The number of halogens is 1. The number of nitrogens with one attached hydrogen (secondary N) is 1. The molecular weight excluding hydrogens is 647 g/mol. The van der Waals surface area contributed by atoms with Crippen molar-refractivity contribution in [3.05, 3.63) is 101 Å². The van der Waals surface area contributed by atoms with Crippen LogP contribution in [0.3, 0.4) is 0 Å². The molecule has 0 saturated carbocycles. The maximum Gasteiger partial charge on any atom is 0.309 e. The highest BCUT2D eigenvalue weighted by atomic mass is 19.1. The average molecular weight is 691 g/mol. The van der Waals surface area contributed by atoms with Crippen LogP contribution >= 0.6 is 0 Å². The largest absolute Gasteiger partial charge is 0.481 e. The van der Waals surface area contributed by atoms with Crippen molar-refractivity contribution in [3.8, 4) is 23.0 Å². The molecule has 0 saturated heterocycles. The number of carboxylic acids is 1. The zero-order valence-electron chi connectivity index (χ0n) is 29.9. The summed E-state index contributed by atoms with van der Waals surface area (Å²) < 4.78 is 25.6. The van der Waals surface area contributed by atoms with E-state index in [1.165, 1.54) is 6.07 Å². The van der Waals surface area contributed by atoms with E-state index in [4.69, 9.17) is 14.8 Å². The molecule has 264 valence electrons. The molecule has 0 amide bonds. The molecule has 0 radical (unpaired) electrons. The van der Waals surface area contributed by atoms with E-state index in [2.05, 4.69) is 53.2 Å². The topological polar surface area (TPSA) is 137 Å². The molecule has 11 nitrogen and oxygen atoms in total. The van der Waals surface area contributed by atoms with Gasteiger partial charge in [0, 0.05) is 59.7 Å². The van der Waals surface area contributed by atoms with Crippen molar-refractivity contribution < 1.29 is 19.0 Å².